The van der Waals surface area contributed by atoms with Crippen LogP contribution in [0.1, 0.15) is 5.56 Å². The average Bonchev–Trinajstić information content (AvgIpc) is 2.02. The number of nitrogens with two attached hydrogens (primary N) is 1. The van der Waals surface area contributed by atoms with Gasteiger partial charge in [0.2, 0.25) is 0 Å². The van der Waals surface area contributed by atoms with Gasteiger partial charge in [-0.2, -0.15) is 0 Å². The summed E-state index contributed by atoms with van der Waals surface area (Å²) in [6, 6.07) is 5.27. The summed E-state index contributed by atoms with van der Waals surface area (Å²) in [5.74, 6) is 0. The van der Waals surface area contributed by atoms with E-state index in [1.54, 1.807) is 12.1 Å². The van der Waals surface area contributed by atoms with E-state index >= 15 is 0 Å². The van der Waals surface area contributed by atoms with E-state index in [4.69, 9.17) is 5.73 Å². The summed E-state index contributed by atoms with van der Waals surface area (Å²) in [5.41, 5.74) is 7.68. The molecule has 72 valence electrons. The van der Waals surface area contributed by atoms with Gasteiger partial charge in [-0.1, -0.05) is 6.07 Å². The molecule has 0 saturated carbocycles. The van der Waals surface area contributed by atoms with Crippen LogP contribution in [-0.4, -0.2) is 13.0 Å². The quantitative estimate of drug-likeness (QED) is 0.710. The summed E-state index contributed by atoms with van der Waals surface area (Å²) >= 11 is 0. The molecule has 2 nitrogen and oxygen atoms in total. The van der Waals surface area contributed by atoms with Crippen molar-refractivity contribution in [3.05, 3.63) is 23.8 Å². The number of benzene rings is 1. The highest BCUT2D eigenvalue weighted by Gasteiger charge is 2.03. The summed E-state index contributed by atoms with van der Waals surface area (Å²) in [7, 11) is 0. The minimum Gasteiger partial charge on any atom is -0.397 e. The summed E-state index contributed by atoms with van der Waals surface area (Å²) in [5, 5.41) is 2.56. The highest BCUT2D eigenvalue weighted by Crippen LogP contribution is 2.19. The Bertz CT molecular complexity index is 287. The van der Waals surface area contributed by atoms with Gasteiger partial charge in [-0.15, -0.1) is 0 Å². The van der Waals surface area contributed by atoms with Crippen LogP contribution in [-0.2, 0) is 0 Å². The van der Waals surface area contributed by atoms with Crippen LogP contribution in [0.3, 0.4) is 0 Å². The van der Waals surface area contributed by atoms with Crippen LogP contribution in [0.2, 0.25) is 0 Å². The van der Waals surface area contributed by atoms with Gasteiger partial charge >= 0.3 is 0 Å². The molecule has 0 spiro atoms. The first-order chi connectivity index (χ1) is 6.09. The lowest BCUT2D eigenvalue weighted by molar-refractivity contribution is 0.163. The first kappa shape index (κ1) is 9.77. The topological polar surface area (TPSA) is 38.0 Å². The Balaban J connectivity index is 2.67. The van der Waals surface area contributed by atoms with Gasteiger partial charge in [0.1, 0.15) is 0 Å². The summed E-state index contributed by atoms with van der Waals surface area (Å²) < 4.78 is 23.7. The van der Waals surface area contributed by atoms with E-state index in [0.717, 1.165) is 5.56 Å². The Morgan fingerprint density at radius 3 is 2.69 bits per heavy atom. The van der Waals surface area contributed by atoms with E-state index in [9.17, 15) is 8.78 Å². The predicted molar refractivity (Wildman–Crippen MR) is 50.1 cm³/mol. The lowest BCUT2D eigenvalue weighted by atomic mass is 10.2. The zero-order valence-corrected chi connectivity index (χ0v) is 7.35. The van der Waals surface area contributed by atoms with Gasteiger partial charge in [0.15, 0.2) is 0 Å². The smallest absolute Gasteiger partial charge is 0.255 e. The van der Waals surface area contributed by atoms with E-state index in [2.05, 4.69) is 5.32 Å². The molecule has 0 aliphatic carbocycles. The highest BCUT2D eigenvalue weighted by atomic mass is 19.3. The van der Waals surface area contributed by atoms with Gasteiger partial charge in [0.05, 0.1) is 17.9 Å². The zero-order chi connectivity index (χ0) is 9.84. The minimum absolute atomic E-state index is 0.368. The van der Waals surface area contributed by atoms with E-state index in [0.29, 0.717) is 11.4 Å². The molecule has 0 unspecified atom stereocenters. The molecule has 1 aromatic rings. The lowest BCUT2D eigenvalue weighted by Gasteiger charge is -2.08. The number of hydrogen-bond donors (Lipinski definition) is 2. The highest BCUT2D eigenvalue weighted by molar-refractivity contribution is 5.66. The SMILES string of the molecule is Cc1ccc(NCC(F)F)c(N)c1. The number of alkyl halides is 2. The molecule has 0 bridgehead atoms. The van der Waals surface area contributed by atoms with Gasteiger partial charge in [0.25, 0.3) is 6.43 Å². The molecule has 4 heteroatoms. The molecule has 3 N–H and O–H groups in total. The molecule has 0 radical (unpaired) electrons. The second-order valence-electron chi connectivity index (χ2n) is 2.86. The average molecular weight is 186 g/mol. The lowest BCUT2D eigenvalue weighted by Crippen LogP contribution is -2.11. The number of anilines is 2. The maximum atomic E-state index is 11.8. The van der Waals surface area contributed by atoms with Gasteiger partial charge in [-0.25, -0.2) is 8.78 Å². The van der Waals surface area contributed by atoms with Crippen LogP contribution in [0, 0.1) is 6.92 Å². The van der Waals surface area contributed by atoms with Crippen LogP contribution in [0.4, 0.5) is 20.2 Å². The van der Waals surface area contributed by atoms with Crippen LogP contribution in [0.25, 0.3) is 0 Å². The third-order valence-electron chi connectivity index (χ3n) is 1.65. The van der Waals surface area contributed by atoms with Crippen molar-refractivity contribution in [1.82, 2.24) is 0 Å². The van der Waals surface area contributed by atoms with Gasteiger partial charge < -0.3 is 11.1 Å². The molecular formula is C9H12F2N2. The largest absolute Gasteiger partial charge is 0.397 e. The van der Waals surface area contributed by atoms with Crippen LogP contribution < -0.4 is 11.1 Å². The molecule has 0 heterocycles. The number of halogens is 2. The number of nitrogens with one attached hydrogen (secondary N) is 1. The van der Waals surface area contributed by atoms with E-state index in [1.165, 1.54) is 0 Å². The molecule has 1 aromatic carbocycles. The van der Waals surface area contributed by atoms with Crippen molar-refractivity contribution >= 4 is 11.4 Å². The molecule has 0 fully saturated rings. The number of hydrogen-bond acceptors (Lipinski definition) is 2. The molecule has 0 aliphatic heterocycles. The molecular weight excluding hydrogens is 174 g/mol. The summed E-state index contributed by atoms with van der Waals surface area (Å²) in [6.45, 7) is 1.53. The molecule has 0 aliphatic rings. The van der Waals surface area contributed by atoms with Crippen molar-refractivity contribution in [2.24, 2.45) is 0 Å². The second kappa shape index (κ2) is 4.07. The zero-order valence-electron chi connectivity index (χ0n) is 7.35. The Kier molecular flexibility index (Phi) is 3.06. The van der Waals surface area contributed by atoms with Gasteiger partial charge in [-0.3, -0.25) is 0 Å². The summed E-state index contributed by atoms with van der Waals surface area (Å²) in [6.07, 6.45) is -2.36. The number of rotatable bonds is 3. The fourth-order valence-corrected chi connectivity index (χ4v) is 1.03. The standard InChI is InChI=1S/C9H12F2N2/c1-6-2-3-8(7(12)4-6)13-5-9(10)11/h2-4,9,13H,5,12H2,1H3. The van der Waals surface area contributed by atoms with Crippen molar-refractivity contribution in [1.29, 1.82) is 0 Å². The fraction of sp³-hybridized carbons (Fsp3) is 0.333. The second-order valence-corrected chi connectivity index (χ2v) is 2.86. The van der Waals surface area contributed by atoms with Crippen molar-refractivity contribution in [3.63, 3.8) is 0 Å². The number of aryl methyl sites for hydroxylation is 1. The van der Waals surface area contributed by atoms with Crippen molar-refractivity contribution in [2.75, 3.05) is 17.6 Å². The maximum Gasteiger partial charge on any atom is 0.255 e. The van der Waals surface area contributed by atoms with E-state index in [-0.39, 0.29) is 6.54 Å². The third kappa shape index (κ3) is 2.89. The Hall–Kier alpha value is -1.32. The Morgan fingerprint density at radius 2 is 2.15 bits per heavy atom. The van der Waals surface area contributed by atoms with Crippen molar-refractivity contribution in [2.45, 2.75) is 13.3 Å². The van der Waals surface area contributed by atoms with Crippen LogP contribution >= 0.6 is 0 Å². The Morgan fingerprint density at radius 1 is 1.46 bits per heavy atom. The fourth-order valence-electron chi connectivity index (χ4n) is 1.03. The normalized spacial score (nSPS) is 10.5. The third-order valence-corrected chi connectivity index (χ3v) is 1.65. The number of nitrogen functional groups attached to an aromatic ring is 1. The minimum atomic E-state index is -2.36. The monoisotopic (exact) mass is 186 g/mol. The predicted octanol–water partition coefficient (Wildman–Crippen LogP) is 2.25. The Labute approximate surface area is 75.7 Å². The molecule has 0 aromatic heterocycles. The molecule has 1 rings (SSSR count). The maximum absolute atomic E-state index is 11.8. The van der Waals surface area contributed by atoms with Gasteiger partial charge in [0, 0.05) is 0 Å². The van der Waals surface area contributed by atoms with Crippen molar-refractivity contribution < 1.29 is 8.78 Å². The van der Waals surface area contributed by atoms with Crippen LogP contribution in [0.15, 0.2) is 18.2 Å². The summed E-state index contributed by atoms with van der Waals surface area (Å²) in [4.78, 5) is 0. The molecule has 0 amide bonds. The van der Waals surface area contributed by atoms with E-state index < -0.39 is 6.43 Å². The van der Waals surface area contributed by atoms with E-state index in [1.807, 2.05) is 13.0 Å². The molecule has 0 saturated heterocycles. The molecule has 13 heavy (non-hydrogen) atoms. The molecule has 0 atom stereocenters. The first-order valence-corrected chi connectivity index (χ1v) is 3.97. The first-order valence-electron chi connectivity index (χ1n) is 3.97. The van der Waals surface area contributed by atoms with Crippen molar-refractivity contribution in [3.8, 4) is 0 Å². The van der Waals surface area contributed by atoms with Crippen LogP contribution in [0.5, 0.6) is 0 Å². The van der Waals surface area contributed by atoms with Gasteiger partial charge in [-0.05, 0) is 24.6 Å².